The Balaban J connectivity index is 1.17. The summed E-state index contributed by atoms with van der Waals surface area (Å²) in [6.07, 6.45) is 12.9. The highest BCUT2D eigenvalue weighted by molar-refractivity contribution is 7.03. The van der Waals surface area contributed by atoms with Crippen LogP contribution in [0.3, 0.4) is 0 Å². The van der Waals surface area contributed by atoms with Crippen LogP contribution in [0, 0.1) is 0 Å². The number of carbonyl (C=O) groups is 1. The van der Waals surface area contributed by atoms with Gasteiger partial charge in [0.15, 0.2) is 0 Å². The van der Waals surface area contributed by atoms with Gasteiger partial charge in [0.25, 0.3) is 0 Å². The number of benzene rings is 1. The molecule has 0 amide bonds. The number of hydrogen-bond donors (Lipinski definition) is 1. The molecule has 1 aliphatic rings. The number of aryl methyl sites for hydroxylation is 1. The van der Waals surface area contributed by atoms with E-state index in [1.807, 2.05) is 13.8 Å². The Bertz CT molecular complexity index is 1390. The summed E-state index contributed by atoms with van der Waals surface area (Å²) in [5.41, 5.74) is 4.96. The lowest BCUT2D eigenvalue weighted by atomic mass is 9.92. The fourth-order valence-electron chi connectivity index (χ4n) is 5.37. The van der Waals surface area contributed by atoms with Gasteiger partial charge in [-0.05, 0) is 82.5 Å². The van der Waals surface area contributed by atoms with Crippen LogP contribution in [0.5, 0.6) is 0 Å². The lowest BCUT2D eigenvalue weighted by Crippen LogP contribution is -2.33. The normalized spacial score (nSPS) is 13.7. The first-order valence-electron chi connectivity index (χ1n) is 15.1. The average molecular weight is 568 g/mol. The molecule has 0 atom stereocenters. The Morgan fingerprint density at radius 1 is 1.07 bits per heavy atom. The second-order valence-corrected chi connectivity index (χ2v) is 11.8. The van der Waals surface area contributed by atoms with Crippen molar-refractivity contribution in [3.63, 3.8) is 0 Å². The molecule has 0 radical (unpaired) electrons. The molecule has 4 rings (SSSR count). The minimum Gasteiger partial charge on any atom is -0.465 e. The summed E-state index contributed by atoms with van der Waals surface area (Å²) < 4.78 is 8.15. The second kappa shape index (κ2) is 15.2. The first-order valence-corrected chi connectivity index (χ1v) is 15.9. The number of anilines is 1. The zero-order chi connectivity index (χ0) is 28.3. The molecule has 1 aliphatic carbocycles. The highest BCUT2D eigenvalue weighted by Crippen LogP contribution is 2.33. The quantitative estimate of drug-likeness (QED) is 0.179. The molecule has 0 saturated carbocycles. The number of ether oxygens (including phenoxy) is 1. The van der Waals surface area contributed by atoms with Crippen molar-refractivity contribution < 1.29 is 9.53 Å². The summed E-state index contributed by atoms with van der Waals surface area (Å²) in [6, 6.07) is 8.55. The monoisotopic (exact) mass is 567 g/mol. The van der Waals surface area contributed by atoms with Crippen LogP contribution < -0.4 is 15.8 Å². The number of pyridine rings is 1. The van der Waals surface area contributed by atoms with E-state index in [2.05, 4.69) is 34.6 Å². The van der Waals surface area contributed by atoms with E-state index in [0.29, 0.717) is 18.0 Å². The smallest absolute Gasteiger partial charge is 0.340 e. The van der Waals surface area contributed by atoms with Crippen molar-refractivity contribution in [3.8, 4) is 0 Å². The predicted octanol–water partition coefficient (Wildman–Crippen LogP) is 6.03. The summed E-state index contributed by atoms with van der Waals surface area (Å²) in [4.78, 5) is 34.9. The van der Waals surface area contributed by atoms with Gasteiger partial charge in [-0.2, -0.15) is 0 Å². The number of hydrogen-bond acceptors (Lipinski definition) is 7. The van der Waals surface area contributed by atoms with Crippen molar-refractivity contribution in [2.45, 2.75) is 104 Å². The summed E-state index contributed by atoms with van der Waals surface area (Å²) in [5.74, 6) is -0.404. The molecule has 2 aromatic heterocycles. The van der Waals surface area contributed by atoms with Gasteiger partial charge in [0, 0.05) is 35.9 Å². The highest BCUT2D eigenvalue weighted by atomic mass is 32.1. The van der Waals surface area contributed by atoms with Crippen LogP contribution in [0.2, 0.25) is 0 Å². The van der Waals surface area contributed by atoms with E-state index in [4.69, 9.17) is 9.72 Å². The fraction of sp³-hybridized carbons (Fsp3) is 0.613. The van der Waals surface area contributed by atoms with Crippen molar-refractivity contribution in [2.24, 2.45) is 4.99 Å². The number of nitrogens with zero attached hydrogens (tertiary/aromatic N) is 4. The van der Waals surface area contributed by atoms with Gasteiger partial charge in [0.2, 0.25) is 4.80 Å². The lowest BCUT2D eigenvalue weighted by Gasteiger charge is -2.21. The molecule has 0 unspecified atom stereocenters. The number of unbranched alkanes of at least 4 members (excludes halogenated alkanes) is 6. The van der Waals surface area contributed by atoms with Crippen LogP contribution in [0.1, 0.15) is 95.9 Å². The van der Waals surface area contributed by atoms with E-state index in [9.17, 15) is 9.59 Å². The average Bonchev–Trinajstić information content (AvgIpc) is 3.26. The van der Waals surface area contributed by atoms with Gasteiger partial charge < -0.3 is 10.1 Å². The zero-order valence-corrected chi connectivity index (χ0v) is 25.2. The number of esters is 1. The highest BCUT2D eigenvalue weighted by Gasteiger charge is 2.18. The third kappa shape index (κ3) is 7.83. The largest absolute Gasteiger partial charge is 0.465 e. The van der Waals surface area contributed by atoms with Gasteiger partial charge in [0.1, 0.15) is 6.54 Å². The Hall–Kier alpha value is -2.94. The second-order valence-electron chi connectivity index (χ2n) is 10.9. The van der Waals surface area contributed by atoms with Gasteiger partial charge in [0.05, 0.1) is 12.1 Å². The summed E-state index contributed by atoms with van der Waals surface area (Å²) >= 11 is 1.32. The van der Waals surface area contributed by atoms with Crippen LogP contribution in [-0.2, 0) is 28.9 Å². The molecule has 0 aliphatic heterocycles. The predicted molar refractivity (Wildman–Crippen MR) is 163 cm³/mol. The molecular formula is C31H45N5O3S. The molecule has 0 fully saturated rings. The molecule has 1 N–H and O–H groups in total. The third-order valence-corrected chi connectivity index (χ3v) is 8.73. The van der Waals surface area contributed by atoms with E-state index in [1.54, 1.807) is 10.9 Å². The molecule has 3 aromatic rings. The van der Waals surface area contributed by atoms with Gasteiger partial charge in [-0.25, -0.2) is 8.75 Å². The van der Waals surface area contributed by atoms with Crippen LogP contribution in [-0.4, -0.2) is 39.2 Å². The maximum absolute atomic E-state index is 12.7. The Kier molecular flexibility index (Phi) is 11.4. The van der Waals surface area contributed by atoms with E-state index in [0.717, 1.165) is 37.7 Å². The van der Waals surface area contributed by atoms with E-state index < -0.39 is 5.97 Å². The van der Waals surface area contributed by atoms with Crippen molar-refractivity contribution >= 4 is 34.1 Å². The van der Waals surface area contributed by atoms with Gasteiger partial charge in [-0.1, -0.05) is 50.3 Å². The Morgan fingerprint density at radius 3 is 2.58 bits per heavy atom. The lowest BCUT2D eigenvalue weighted by molar-refractivity contribution is -0.143. The standard InChI is InChI=1S/C31H45N5O3S/c1-4-39-28(37)22-35-30(40-36(23(2)3)31(35)38)33-21-15-9-7-5-6-8-14-20-32-29-24-16-10-12-18-26(24)34-27-19-13-11-17-25(27)29/h10,12,16,18,23H,4-9,11,13-15,17,19-22H2,1-3H3,(H,32,34). The van der Waals surface area contributed by atoms with Gasteiger partial charge in [-0.3, -0.25) is 19.3 Å². The summed E-state index contributed by atoms with van der Waals surface area (Å²) in [7, 11) is 0. The maximum Gasteiger partial charge on any atom is 0.340 e. The molecule has 0 spiro atoms. The van der Waals surface area contributed by atoms with E-state index in [1.165, 1.54) is 83.4 Å². The molecule has 8 nitrogen and oxygen atoms in total. The number of carbonyl (C=O) groups excluding carboxylic acids is 1. The van der Waals surface area contributed by atoms with Gasteiger partial charge in [-0.15, -0.1) is 0 Å². The minimum absolute atomic E-state index is 0.0273. The van der Waals surface area contributed by atoms with Gasteiger partial charge >= 0.3 is 11.7 Å². The summed E-state index contributed by atoms with van der Waals surface area (Å²) in [6.45, 7) is 7.56. The molecule has 40 heavy (non-hydrogen) atoms. The summed E-state index contributed by atoms with van der Waals surface area (Å²) in [5, 5.41) is 5.04. The number of para-hydroxylation sites is 1. The molecule has 218 valence electrons. The number of aromatic nitrogens is 3. The number of fused-ring (bicyclic) bond motifs is 2. The minimum atomic E-state index is -0.404. The topological polar surface area (TPSA) is 90.5 Å². The molecule has 0 saturated heterocycles. The molecule has 9 heteroatoms. The molecular weight excluding hydrogens is 522 g/mol. The fourth-order valence-corrected chi connectivity index (χ4v) is 6.33. The Labute approximate surface area is 241 Å². The zero-order valence-electron chi connectivity index (χ0n) is 24.4. The van der Waals surface area contributed by atoms with E-state index in [-0.39, 0.29) is 18.3 Å². The van der Waals surface area contributed by atoms with E-state index >= 15 is 0 Å². The Morgan fingerprint density at radius 2 is 1.80 bits per heavy atom. The molecule has 1 aromatic carbocycles. The van der Waals surface area contributed by atoms with Crippen molar-refractivity contribution in [1.82, 2.24) is 13.5 Å². The third-order valence-electron chi connectivity index (χ3n) is 7.44. The first kappa shape index (κ1) is 30.0. The number of rotatable bonds is 15. The molecule has 2 heterocycles. The number of nitrogens with one attached hydrogen (secondary N) is 1. The SMILES string of the molecule is CCOC(=O)Cn1c(=NCCCCCCCCCNc2c3c(nc4ccccc24)CCCC3)sn(C(C)C)c1=O. The molecule has 0 bridgehead atoms. The van der Waals surface area contributed by atoms with Crippen LogP contribution in [0.25, 0.3) is 10.9 Å². The maximum atomic E-state index is 12.7. The first-order chi connectivity index (χ1) is 19.5. The van der Waals surface area contributed by atoms with Crippen LogP contribution >= 0.6 is 11.5 Å². The van der Waals surface area contributed by atoms with Crippen LogP contribution in [0.15, 0.2) is 34.1 Å². The van der Waals surface area contributed by atoms with Crippen molar-refractivity contribution in [2.75, 3.05) is 25.0 Å². The van der Waals surface area contributed by atoms with Crippen molar-refractivity contribution in [3.05, 3.63) is 50.8 Å². The van der Waals surface area contributed by atoms with Crippen molar-refractivity contribution in [1.29, 1.82) is 0 Å². The van der Waals surface area contributed by atoms with Crippen LogP contribution in [0.4, 0.5) is 5.69 Å².